The molecule has 1 saturated carbocycles. The van der Waals surface area contributed by atoms with Crippen LogP contribution in [0.15, 0.2) is 67.0 Å². The Labute approximate surface area is 324 Å². The maximum absolute atomic E-state index is 13.3. The molecule has 284 valence electrons. The SMILES string of the molecule is CN(c1ccc(C#N)c(Cl)c1)C1CCC(NC(=O)c2ccc(N3CCC(Cn4cc5cc6c(cc5c4)C(=O)N(C4CCC(O)NC4=O)C6=O)CC3)cc2)CC1. The Hall–Kier alpha value is -5.38. The number of aromatic nitrogens is 1. The van der Waals surface area contributed by atoms with E-state index >= 15 is 0 Å². The van der Waals surface area contributed by atoms with Crippen LogP contribution in [0.25, 0.3) is 10.8 Å². The zero-order valence-corrected chi connectivity index (χ0v) is 31.5. The molecule has 4 aromatic rings. The molecule has 4 aliphatic rings. The number of rotatable bonds is 8. The molecule has 2 saturated heterocycles. The quantitative estimate of drug-likeness (QED) is 0.201. The second kappa shape index (κ2) is 15.0. The first kappa shape index (κ1) is 36.6. The van der Waals surface area contributed by atoms with Gasteiger partial charge in [-0.25, -0.2) is 0 Å². The van der Waals surface area contributed by atoms with E-state index in [0.717, 1.165) is 85.2 Å². The maximum Gasteiger partial charge on any atom is 0.262 e. The summed E-state index contributed by atoms with van der Waals surface area (Å²) in [6.45, 7) is 2.64. The highest BCUT2D eigenvalue weighted by molar-refractivity contribution is 6.32. The Bertz CT molecular complexity index is 2140. The van der Waals surface area contributed by atoms with E-state index in [9.17, 15) is 29.5 Å². The number of nitrogens with one attached hydrogen (secondary N) is 2. The van der Waals surface area contributed by atoms with Crippen LogP contribution in [0.2, 0.25) is 5.02 Å². The van der Waals surface area contributed by atoms with E-state index in [-0.39, 0.29) is 24.8 Å². The highest BCUT2D eigenvalue weighted by Gasteiger charge is 2.44. The van der Waals surface area contributed by atoms with Gasteiger partial charge in [-0.05, 0) is 112 Å². The molecule has 13 heteroatoms. The van der Waals surface area contributed by atoms with Crippen molar-refractivity contribution in [3.63, 3.8) is 0 Å². The molecule has 3 aromatic carbocycles. The summed E-state index contributed by atoms with van der Waals surface area (Å²) in [5.74, 6) is -1.04. The van der Waals surface area contributed by atoms with Gasteiger partial charge >= 0.3 is 0 Å². The summed E-state index contributed by atoms with van der Waals surface area (Å²) >= 11 is 6.26. The van der Waals surface area contributed by atoms with Crippen molar-refractivity contribution in [2.75, 3.05) is 29.9 Å². The largest absolute Gasteiger partial charge is 0.374 e. The third kappa shape index (κ3) is 7.26. The number of aliphatic hydroxyl groups is 1. The van der Waals surface area contributed by atoms with Crippen LogP contribution < -0.4 is 20.4 Å². The number of carbonyl (C=O) groups is 4. The molecule has 1 aliphatic carbocycles. The maximum atomic E-state index is 13.3. The number of benzene rings is 3. The summed E-state index contributed by atoms with van der Waals surface area (Å²) in [5.41, 5.74) is 3.84. The van der Waals surface area contributed by atoms with Gasteiger partial charge in [-0.3, -0.25) is 24.1 Å². The lowest BCUT2D eigenvalue weighted by Gasteiger charge is -2.36. The lowest BCUT2D eigenvalue weighted by atomic mass is 9.90. The summed E-state index contributed by atoms with van der Waals surface area (Å²) in [6.07, 6.45) is 9.30. The number of piperidine rings is 2. The molecular formula is C42H44ClN7O5. The predicted molar refractivity (Wildman–Crippen MR) is 209 cm³/mol. The minimum absolute atomic E-state index is 0.0475. The van der Waals surface area contributed by atoms with E-state index in [1.807, 2.05) is 48.8 Å². The van der Waals surface area contributed by atoms with Crippen molar-refractivity contribution in [2.24, 2.45) is 5.92 Å². The number of nitrogens with zero attached hydrogens (tertiary/aromatic N) is 5. The van der Waals surface area contributed by atoms with Crippen LogP contribution in [0.1, 0.15) is 88.0 Å². The first-order valence-electron chi connectivity index (χ1n) is 19.1. The second-order valence-corrected chi connectivity index (χ2v) is 15.8. The van der Waals surface area contributed by atoms with Crippen LogP contribution in [-0.2, 0) is 11.3 Å². The fourth-order valence-corrected chi connectivity index (χ4v) is 8.98. The summed E-state index contributed by atoms with van der Waals surface area (Å²) < 4.78 is 2.15. The zero-order chi connectivity index (χ0) is 38.4. The number of hydrogen-bond acceptors (Lipinski definition) is 8. The van der Waals surface area contributed by atoms with Crippen LogP contribution in [-0.4, -0.2) is 82.7 Å². The monoisotopic (exact) mass is 761 g/mol. The fourth-order valence-electron chi connectivity index (χ4n) is 8.77. The molecule has 3 aliphatic heterocycles. The Kier molecular flexibility index (Phi) is 10.0. The molecule has 2 atom stereocenters. The highest BCUT2D eigenvalue weighted by atomic mass is 35.5. The lowest BCUT2D eigenvalue weighted by Crippen LogP contribution is -2.55. The number of nitriles is 1. The zero-order valence-electron chi connectivity index (χ0n) is 30.7. The van der Waals surface area contributed by atoms with Crippen LogP contribution >= 0.6 is 11.6 Å². The van der Waals surface area contributed by atoms with Gasteiger partial charge in [-0.15, -0.1) is 0 Å². The van der Waals surface area contributed by atoms with Gasteiger partial charge in [0.1, 0.15) is 18.3 Å². The number of halogens is 1. The molecule has 2 unspecified atom stereocenters. The molecule has 4 heterocycles. The van der Waals surface area contributed by atoms with Gasteiger partial charge in [0.25, 0.3) is 17.7 Å². The smallest absolute Gasteiger partial charge is 0.262 e. The van der Waals surface area contributed by atoms with E-state index in [0.29, 0.717) is 39.2 Å². The average molecular weight is 762 g/mol. The molecule has 0 bridgehead atoms. The number of anilines is 2. The molecule has 12 nitrogen and oxygen atoms in total. The topological polar surface area (TPSA) is 151 Å². The molecule has 55 heavy (non-hydrogen) atoms. The lowest BCUT2D eigenvalue weighted by molar-refractivity contribution is -0.131. The standard InChI is InChI=1S/C42H44ClN7O5/c1-47(33-9-4-27(21-44)36(43)20-33)31-10-5-30(6-11-31)45-39(52)26-2-7-32(8-3-26)49-16-14-25(15-17-49)22-48-23-28-18-34-35(19-29(28)24-48)42(55)50(41(34)54)37-12-13-38(51)46-40(37)53/h2-4,7-9,18-20,23-25,30-31,37-38,51H,5-6,10-17,22H2,1H3,(H,45,52)(H,46,53). The van der Waals surface area contributed by atoms with Crippen molar-refractivity contribution in [2.45, 2.75) is 82.3 Å². The van der Waals surface area contributed by atoms with Crippen LogP contribution in [0, 0.1) is 17.2 Å². The van der Waals surface area contributed by atoms with Crippen LogP contribution in [0.4, 0.5) is 11.4 Å². The number of carbonyl (C=O) groups excluding carboxylic acids is 4. The van der Waals surface area contributed by atoms with E-state index < -0.39 is 30.0 Å². The van der Waals surface area contributed by atoms with E-state index in [4.69, 9.17) is 11.6 Å². The van der Waals surface area contributed by atoms with Crippen molar-refractivity contribution in [3.8, 4) is 6.07 Å². The molecule has 0 spiro atoms. The molecule has 8 rings (SSSR count). The minimum Gasteiger partial charge on any atom is -0.374 e. The Morgan fingerprint density at radius 1 is 0.909 bits per heavy atom. The van der Waals surface area contributed by atoms with Gasteiger partial charge in [0, 0.05) is 78.9 Å². The Morgan fingerprint density at radius 3 is 2.16 bits per heavy atom. The summed E-state index contributed by atoms with van der Waals surface area (Å²) in [5, 5.41) is 26.8. The molecule has 0 radical (unpaired) electrons. The van der Waals surface area contributed by atoms with Crippen molar-refractivity contribution in [1.29, 1.82) is 5.26 Å². The highest BCUT2D eigenvalue weighted by Crippen LogP contribution is 2.33. The van der Waals surface area contributed by atoms with E-state index in [2.05, 4.69) is 38.1 Å². The van der Waals surface area contributed by atoms with Crippen LogP contribution in [0.5, 0.6) is 0 Å². The predicted octanol–water partition coefficient (Wildman–Crippen LogP) is 5.45. The first-order chi connectivity index (χ1) is 26.6. The molecule has 4 amide bonds. The minimum atomic E-state index is -0.961. The number of hydrogen-bond donors (Lipinski definition) is 3. The average Bonchev–Trinajstić information content (AvgIpc) is 3.69. The fraction of sp³-hybridized carbons (Fsp3) is 0.405. The third-order valence-corrected chi connectivity index (χ3v) is 12.3. The number of imide groups is 1. The van der Waals surface area contributed by atoms with Crippen LogP contribution in [0.3, 0.4) is 0 Å². The molecule has 3 N–H and O–H groups in total. The molecule has 1 aromatic heterocycles. The van der Waals surface area contributed by atoms with Crippen molar-refractivity contribution in [1.82, 2.24) is 20.1 Å². The van der Waals surface area contributed by atoms with Gasteiger partial charge in [0.15, 0.2) is 0 Å². The number of fused-ring (bicyclic) bond motifs is 2. The van der Waals surface area contributed by atoms with Crippen molar-refractivity contribution >= 4 is 57.4 Å². The molecular weight excluding hydrogens is 718 g/mol. The first-order valence-corrected chi connectivity index (χ1v) is 19.5. The van der Waals surface area contributed by atoms with E-state index in [1.54, 1.807) is 18.2 Å². The van der Waals surface area contributed by atoms with Crippen molar-refractivity contribution in [3.05, 3.63) is 94.3 Å². The van der Waals surface area contributed by atoms with Gasteiger partial charge in [0.05, 0.1) is 21.7 Å². The normalized spacial score (nSPS) is 23.1. The second-order valence-electron chi connectivity index (χ2n) is 15.4. The van der Waals surface area contributed by atoms with Gasteiger partial charge in [-0.2, -0.15) is 5.26 Å². The molecule has 3 fully saturated rings. The Balaban J connectivity index is 0.809. The van der Waals surface area contributed by atoms with Gasteiger partial charge in [0.2, 0.25) is 5.91 Å². The van der Waals surface area contributed by atoms with E-state index in [1.165, 1.54) is 0 Å². The van der Waals surface area contributed by atoms with Gasteiger partial charge in [-0.1, -0.05) is 11.6 Å². The summed E-state index contributed by atoms with van der Waals surface area (Å²) in [7, 11) is 2.06. The van der Waals surface area contributed by atoms with Gasteiger partial charge < -0.3 is 30.1 Å². The number of aliphatic hydroxyl groups excluding tert-OH is 1. The van der Waals surface area contributed by atoms with Crippen molar-refractivity contribution < 1.29 is 24.3 Å². The Morgan fingerprint density at radius 2 is 1.56 bits per heavy atom. The third-order valence-electron chi connectivity index (χ3n) is 12.0. The summed E-state index contributed by atoms with van der Waals surface area (Å²) in [4.78, 5) is 57.9. The number of amides is 4. The summed E-state index contributed by atoms with van der Waals surface area (Å²) in [6, 6.07) is 18.6.